The molecule has 4 rings (SSSR count). The summed E-state index contributed by atoms with van der Waals surface area (Å²) in [4.78, 5) is 25.6. The second-order valence-electron chi connectivity index (χ2n) is 6.74. The first-order valence-electron chi connectivity index (χ1n) is 8.55. The van der Waals surface area contributed by atoms with Gasteiger partial charge >= 0.3 is 0 Å². The van der Waals surface area contributed by atoms with Crippen molar-refractivity contribution in [1.29, 1.82) is 0 Å². The molecular weight excluding hydrogens is 405 g/mol. The van der Waals surface area contributed by atoms with Gasteiger partial charge in [0.2, 0.25) is 12.4 Å². The molecule has 1 aromatic carbocycles. The van der Waals surface area contributed by atoms with Crippen LogP contribution >= 0.6 is 23.2 Å². The summed E-state index contributed by atoms with van der Waals surface area (Å²) >= 11 is 11.9. The summed E-state index contributed by atoms with van der Waals surface area (Å²) in [5, 5.41) is 23.9. The van der Waals surface area contributed by atoms with Gasteiger partial charge in [0, 0.05) is 22.6 Å². The molecule has 1 saturated carbocycles. The number of hydrogen-bond acceptors (Lipinski definition) is 4. The molecule has 144 valence electrons. The lowest BCUT2D eigenvalue weighted by atomic mass is 10.1. The maximum absolute atomic E-state index is 13.0. The number of halogens is 2. The van der Waals surface area contributed by atoms with Crippen molar-refractivity contribution in [2.24, 2.45) is 0 Å². The lowest BCUT2D eigenvalue weighted by molar-refractivity contribution is -0.605. The van der Waals surface area contributed by atoms with Crippen molar-refractivity contribution in [2.75, 3.05) is 5.32 Å². The zero-order valence-corrected chi connectivity index (χ0v) is 16.2. The van der Waals surface area contributed by atoms with Gasteiger partial charge in [-0.3, -0.25) is 9.59 Å². The van der Waals surface area contributed by atoms with Crippen molar-refractivity contribution >= 4 is 51.5 Å². The van der Waals surface area contributed by atoms with Crippen LogP contribution in [0.5, 0.6) is 5.75 Å². The molecule has 0 aliphatic heterocycles. The van der Waals surface area contributed by atoms with Crippen molar-refractivity contribution in [3.8, 4) is 5.75 Å². The summed E-state index contributed by atoms with van der Waals surface area (Å²) in [7, 11) is 0. The normalized spacial score (nSPS) is 13.7. The standard InChI is InChI=1S/C19H15Cl2N3O4/c1-9-16(12-6-11(25)4-5-15(12)24(9)10-2-3-10)18(26)19(27)22-17-13(20)7-23(28)8-14(17)21/h4-8,10,25H,2-3H2,1H3,(H,22,27). The number of ketones is 1. The summed E-state index contributed by atoms with van der Waals surface area (Å²) < 4.78 is 2.43. The number of nitrogens with zero attached hydrogens (tertiary/aromatic N) is 2. The van der Waals surface area contributed by atoms with Crippen LogP contribution in [0.15, 0.2) is 30.6 Å². The Bertz CT molecular complexity index is 1130. The van der Waals surface area contributed by atoms with Crippen LogP contribution in [0.4, 0.5) is 5.69 Å². The van der Waals surface area contributed by atoms with Crippen LogP contribution in [-0.2, 0) is 4.79 Å². The SMILES string of the molecule is Cc1c(C(=O)C(=O)Nc2c(Cl)c[n+]([O-])cc2Cl)c2cc(O)ccc2n1C1CC1. The van der Waals surface area contributed by atoms with E-state index in [1.165, 1.54) is 6.07 Å². The number of carbonyl (C=O) groups is 2. The first-order chi connectivity index (χ1) is 13.3. The smallest absolute Gasteiger partial charge is 0.296 e. The lowest BCUT2D eigenvalue weighted by Crippen LogP contribution is -2.28. The zero-order chi connectivity index (χ0) is 20.2. The monoisotopic (exact) mass is 419 g/mol. The van der Waals surface area contributed by atoms with Crippen LogP contribution in [0.1, 0.15) is 34.9 Å². The number of aromatic nitrogens is 2. The number of carbonyl (C=O) groups excluding carboxylic acids is 2. The van der Waals surface area contributed by atoms with Crippen LogP contribution < -0.4 is 10.0 Å². The van der Waals surface area contributed by atoms with E-state index >= 15 is 0 Å². The Labute approximate surface area is 169 Å². The summed E-state index contributed by atoms with van der Waals surface area (Å²) in [6.45, 7) is 1.78. The number of pyridine rings is 1. The van der Waals surface area contributed by atoms with Crippen molar-refractivity contribution in [3.05, 3.63) is 57.1 Å². The van der Waals surface area contributed by atoms with E-state index in [1.54, 1.807) is 19.1 Å². The second kappa shape index (κ2) is 6.68. The van der Waals surface area contributed by atoms with Gasteiger partial charge in [-0.1, -0.05) is 23.2 Å². The van der Waals surface area contributed by atoms with E-state index in [1.807, 2.05) is 4.57 Å². The number of phenolic OH excluding ortho intramolecular Hbond substituents is 1. The molecule has 1 fully saturated rings. The molecule has 3 aromatic rings. The van der Waals surface area contributed by atoms with Crippen molar-refractivity contribution in [2.45, 2.75) is 25.8 Å². The van der Waals surface area contributed by atoms with Crippen LogP contribution in [0.2, 0.25) is 10.0 Å². The third-order valence-electron chi connectivity index (χ3n) is 4.77. The van der Waals surface area contributed by atoms with Gasteiger partial charge in [-0.05, 0) is 38.0 Å². The highest BCUT2D eigenvalue weighted by molar-refractivity contribution is 6.50. The third-order valence-corrected chi connectivity index (χ3v) is 5.35. The zero-order valence-electron chi connectivity index (χ0n) is 14.7. The first kappa shape index (κ1) is 18.6. The highest BCUT2D eigenvalue weighted by atomic mass is 35.5. The molecule has 1 aliphatic rings. The number of nitrogens with one attached hydrogen (secondary N) is 1. The molecule has 7 nitrogen and oxygen atoms in total. The molecule has 1 aliphatic carbocycles. The Hall–Kier alpha value is -2.77. The van der Waals surface area contributed by atoms with Gasteiger partial charge in [0.15, 0.2) is 0 Å². The van der Waals surface area contributed by atoms with E-state index in [4.69, 9.17) is 23.2 Å². The van der Waals surface area contributed by atoms with Gasteiger partial charge in [0.05, 0.1) is 11.3 Å². The number of amides is 1. The van der Waals surface area contributed by atoms with Gasteiger partial charge < -0.3 is 20.2 Å². The molecule has 0 radical (unpaired) electrons. The van der Waals surface area contributed by atoms with Gasteiger partial charge in [0.1, 0.15) is 15.8 Å². The Morgan fingerprint density at radius 1 is 1.25 bits per heavy atom. The summed E-state index contributed by atoms with van der Waals surface area (Å²) in [6.07, 6.45) is 4.04. The van der Waals surface area contributed by atoms with E-state index in [2.05, 4.69) is 5.32 Å². The minimum atomic E-state index is -0.936. The third kappa shape index (κ3) is 3.06. The minimum absolute atomic E-state index is 0.00375. The topological polar surface area (TPSA) is 98.3 Å². The number of fused-ring (bicyclic) bond motifs is 1. The second-order valence-corrected chi connectivity index (χ2v) is 7.55. The maximum Gasteiger partial charge on any atom is 0.296 e. The molecule has 0 atom stereocenters. The Kier molecular flexibility index (Phi) is 4.44. The molecule has 9 heteroatoms. The fourth-order valence-corrected chi connectivity index (χ4v) is 3.97. The van der Waals surface area contributed by atoms with E-state index in [0.29, 0.717) is 15.8 Å². The largest absolute Gasteiger partial charge is 0.619 e. The molecule has 0 bridgehead atoms. The van der Waals surface area contributed by atoms with Crippen molar-refractivity contribution in [1.82, 2.24) is 4.57 Å². The number of rotatable bonds is 4. The molecular formula is C19H15Cl2N3O4. The minimum Gasteiger partial charge on any atom is -0.619 e. The van der Waals surface area contributed by atoms with E-state index in [0.717, 1.165) is 30.8 Å². The number of phenols is 1. The Balaban J connectivity index is 1.76. The Morgan fingerprint density at radius 3 is 2.50 bits per heavy atom. The predicted octanol–water partition coefficient (Wildman–Crippen LogP) is 3.75. The highest BCUT2D eigenvalue weighted by Gasteiger charge is 2.32. The van der Waals surface area contributed by atoms with Gasteiger partial charge in [0.25, 0.3) is 11.7 Å². The molecule has 0 unspecified atom stereocenters. The van der Waals surface area contributed by atoms with Crippen LogP contribution in [0, 0.1) is 12.1 Å². The molecule has 28 heavy (non-hydrogen) atoms. The van der Waals surface area contributed by atoms with Gasteiger partial charge in [-0.15, -0.1) is 0 Å². The summed E-state index contributed by atoms with van der Waals surface area (Å²) in [5.74, 6) is -1.71. The van der Waals surface area contributed by atoms with Crippen LogP contribution in [0.3, 0.4) is 0 Å². The number of Topliss-reactive ketones (excluding diaryl/α,β-unsaturated/α-hetero) is 1. The molecule has 0 saturated heterocycles. The number of anilines is 1. The summed E-state index contributed by atoms with van der Waals surface area (Å²) in [5.41, 5.74) is 1.65. The number of hydrogen-bond donors (Lipinski definition) is 2. The van der Waals surface area contributed by atoms with Crippen molar-refractivity contribution in [3.63, 3.8) is 0 Å². The Morgan fingerprint density at radius 2 is 1.89 bits per heavy atom. The average Bonchev–Trinajstić information content (AvgIpc) is 3.40. The fourth-order valence-electron chi connectivity index (χ4n) is 3.43. The van der Waals surface area contributed by atoms with Gasteiger partial charge in [-0.2, -0.15) is 4.73 Å². The predicted molar refractivity (Wildman–Crippen MR) is 105 cm³/mol. The highest BCUT2D eigenvalue weighted by Crippen LogP contribution is 2.42. The summed E-state index contributed by atoms with van der Waals surface area (Å²) in [6, 6.07) is 5.05. The number of aromatic hydroxyl groups is 1. The van der Waals surface area contributed by atoms with E-state index < -0.39 is 11.7 Å². The molecule has 2 heterocycles. The van der Waals surface area contributed by atoms with E-state index in [-0.39, 0.29) is 33.1 Å². The average molecular weight is 420 g/mol. The van der Waals surface area contributed by atoms with Gasteiger partial charge in [-0.25, -0.2) is 0 Å². The fraction of sp³-hybridized carbons (Fsp3) is 0.211. The van der Waals surface area contributed by atoms with Crippen LogP contribution in [-0.4, -0.2) is 21.4 Å². The van der Waals surface area contributed by atoms with Crippen LogP contribution in [0.25, 0.3) is 10.9 Å². The van der Waals surface area contributed by atoms with Crippen molar-refractivity contribution < 1.29 is 19.4 Å². The maximum atomic E-state index is 13.0. The lowest BCUT2D eigenvalue weighted by Gasteiger charge is -2.09. The number of benzene rings is 1. The quantitative estimate of drug-likeness (QED) is 0.291. The molecule has 0 spiro atoms. The molecule has 2 aromatic heterocycles. The first-order valence-corrected chi connectivity index (χ1v) is 9.30. The molecule has 2 N–H and O–H groups in total. The van der Waals surface area contributed by atoms with E-state index in [9.17, 15) is 19.9 Å². The molecule has 1 amide bonds.